The molecule has 1 unspecified atom stereocenters. The first-order valence-corrected chi connectivity index (χ1v) is 8.08. The first-order chi connectivity index (χ1) is 10.4. The van der Waals surface area contributed by atoms with E-state index in [1.54, 1.807) is 11.1 Å². The highest BCUT2D eigenvalue weighted by atomic mass is 14.3. The Morgan fingerprint density at radius 1 is 1.10 bits per heavy atom. The topological polar surface area (TPSA) is 0 Å². The predicted molar refractivity (Wildman–Crippen MR) is 91.0 cm³/mol. The second-order valence-corrected chi connectivity index (χ2v) is 6.24. The molecule has 1 atom stereocenters. The highest BCUT2D eigenvalue weighted by Crippen LogP contribution is 2.43. The zero-order valence-corrected chi connectivity index (χ0v) is 12.4. The normalized spacial score (nSPS) is 20.5. The lowest BCUT2D eigenvalue weighted by molar-refractivity contribution is 0.537. The molecular weight excluding hydrogens is 252 g/mol. The lowest BCUT2D eigenvalue weighted by Gasteiger charge is -2.32. The van der Waals surface area contributed by atoms with E-state index in [0.29, 0.717) is 5.92 Å². The van der Waals surface area contributed by atoms with Crippen LogP contribution in [0, 0.1) is 12.8 Å². The fourth-order valence-corrected chi connectivity index (χ4v) is 4.07. The van der Waals surface area contributed by atoms with E-state index in [9.17, 15) is 0 Å². The SMILES string of the molecule is [CH2]CCC1Cc2c(ccc3ccccc23)C2=C1CCC=C2. The van der Waals surface area contributed by atoms with Gasteiger partial charge in [-0.05, 0) is 59.1 Å². The minimum atomic E-state index is 0.695. The van der Waals surface area contributed by atoms with Gasteiger partial charge in [0.2, 0.25) is 0 Å². The van der Waals surface area contributed by atoms with Gasteiger partial charge in [-0.1, -0.05) is 67.5 Å². The number of hydrogen-bond acceptors (Lipinski definition) is 0. The van der Waals surface area contributed by atoms with Crippen molar-refractivity contribution in [3.8, 4) is 0 Å². The molecule has 21 heavy (non-hydrogen) atoms. The number of benzene rings is 2. The summed E-state index contributed by atoms with van der Waals surface area (Å²) in [7, 11) is 0. The predicted octanol–water partition coefficient (Wildman–Crippen LogP) is 5.73. The molecule has 1 radical (unpaired) electrons. The van der Waals surface area contributed by atoms with E-state index in [-0.39, 0.29) is 0 Å². The van der Waals surface area contributed by atoms with Crippen LogP contribution in [-0.4, -0.2) is 0 Å². The summed E-state index contributed by atoms with van der Waals surface area (Å²) in [5, 5.41) is 2.81. The van der Waals surface area contributed by atoms with Crippen molar-refractivity contribution < 1.29 is 0 Å². The van der Waals surface area contributed by atoms with Crippen LogP contribution in [0.3, 0.4) is 0 Å². The van der Waals surface area contributed by atoms with Gasteiger partial charge in [-0.2, -0.15) is 0 Å². The summed E-state index contributed by atoms with van der Waals surface area (Å²) < 4.78 is 0. The van der Waals surface area contributed by atoms with Crippen molar-refractivity contribution in [2.45, 2.75) is 32.1 Å². The van der Waals surface area contributed by atoms with Crippen LogP contribution < -0.4 is 0 Å². The Bertz CT molecular complexity index is 746. The minimum absolute atomic E-state index is 0.695. The lowest BCUT2D eigenvalue weighted by Crippen LogP contribution is -2.17. The van der Waals surface area contributed by atoms with Crippen LogP contribution in [0.2, 0.25) is 0 Å². The molecule has 0 heterocycles. The van der Waals surface area contributed by atoms with Gasteiger partial charge in [-0.3, -0.25) is 0 Å². The molecule has 4 rings (SSSR count). The Labute approximate surface area is 127 Å². The van der Waals surface area contributed by atoms with Crippen molar-refractivity contribution >= 4 is 16.3 Å². The van der Waals surface area contributed by atoms with Crippen molar-refractivity contribution in [1.29, 1.82) is 0 Å². The number of rotatable bonds is 2. The van der Waals surface area contributed by atoms with Crippen LogP contribution in [-0.2, 0) is 6.42 Å². The van der Waals surface area contributed by atoms with E-state index in [1.807, 2.05) is 0 Å². The van der Waals surface area contributed by atoms with Gasteiger partial charge in [0, 0.05) is 0 Å². The number of allylic oxidation sites excluding steroid dienone is 4. The minimum Gasteiger partial charge on any atom is -0.0836 e. The Morgan fingerprint density at radius 2 is 2.00 bits per heavy atom. The molecule has 0 bridgehead atoms. The molecule has 0 N–H and O–H groups in total. The molecule has 0 amide bonds. The molecule has 0 saturated heterocycles. The first kappa shape index (κ1) is 12.9. The summed E-state index contributed by atoms with van der Waals surface area (Å²) in [5.41, 5.74) is 6.22. The molecule has 0 fully saturated rings. The third kappa shape index (κ3) is 2.05. The van der Waals surface area contributed by atoms with Gasteiger partial charge < -0.3 is 0 Å². The third-order valence-corrected chi connectivity index (χ3v) is 5.04. The Hall–Kier alpha value is -1.82. The van der Waals surface area contributed by atoms with E-state index in [0.717, 1.165) is 6.42 Å². The summed E-state index contributed by atoms with van der Waals surface area (Å²) in [4.78, 5) is 0. The zero-order valence-electron chi connectivity index (χ0n) is 12.4. The fourth-order valence-electron chi connectivity index (χ4n) is 4.07. The van der Waals surface area contributed by atoms with Gasteiger partial charge in [0.25, 0.3) is 0 Å². The number of fused-ring (bicyclic) bond motifs is 4. The van der Waals surface area contributed by atoms with Crippen molar-refractivity contribution in [2.24, 2.45) is 5.92 Å². The lowest BCUT2D eigenvalue weighted by atomic mass is 9.72. The molecule has 0 aliphatic heterocycles. The summed E-state index contributed by atoms with van der Waals surface area (Å²) in [6.07, 6.45) is 10.6. The van der Waals surface area contributed by atoms with Crippen LogP contribution in [0.5, 0.6) is 0 Å². The van der Waals surface area contributed by atoms with Crippen LogP contribution in [0.15, 0.2) is 54.1 Å². The molecule has 2 aromatic rings. The molecule has 0 nitrogen and oxygen atoms in total. The van der Waals surface area contributed by atoms with Crippen molar-refractivity contribution in [3.05, 3.63) is 72.2 Å². The van der Waals surface area contributed by atoms with Crippen LogP contribution >= 0.6 is 0 Å². The van der Waals surface area contributed by atoms with Gasteiger partial charge in [0.15, 0.2) is 0 Å². The summed E-state index contributed by atoms with van der Waals surface area (Å²) in [5.74, 6) is 0.695. The smallest absolute Gasteiger partial charge is 0.0146 e. The van der Waals surface area contributed by atoms with Gasteiger partial charge in [-0.15, -0.1) is 0 Å². The average Bonchev–Trinajstić information content (AvgIpc) is 2.55. The van der Waals surface area contributed by atoms with E-state index >= 15 is 0 Å². The second-order valence-electron chi connectivity index (χ2n) is 6.24. The van der Waals surface area contributed by atoms with E-state index < -0.39 is 0 Å². The van der Waals surface area contributed by atoms with Crippen LogP contribution in [0.4, 0.5) is 0 Å². The maximum Gasteiger partial charge on any atom is -0.0146 e. The monoisotopic (exact) mass is 273 g/mol. The quantitative estimate of drug-likeness (QED) is 0.655. The second kappa shape index (κ2) is 5.18. The molecule has 2 aromatic carbocycles. The average molecular weight is 273 g/mol. The van der Waals surface area contributed by atoms with Gasteiger partial charge >= 0.3 is 0 Å². The molecule has 0 heteroatoms. The van der Waals surface area contributed by atoms with Gasteiger partial charge in [-0.25, -0.2) is 0 Å². The first-order valence-electron chi connectivity index (χ1n) is 8.08. The Kier molecular flexibility index (Phi) is 3.18. The van der Waals surface area contributed by atoms with Crippen LogP contribution in [0.1, 0.15) is 36.8 Å². The van der Waals surface area contributed by atoms with E-state index in [4.69, 9.17) is 0 Å². The standard InChI is InChI=1S/C21H21/c1-2-7-16-14-21-17-9-4-3-8-15(17)12-13-20(21)19-11-6-5-10-18(16)19/h3-4,6,8-9,11-13,16H,1-2,5,7,10,14H2. The van der Waals surface area contributed by atoms with Crippen molar-refractivity contribution in [2.75, 3.05) is 0 Å². The van der Waals surface area contributed by atoms with Gasteiger partial charge in [0.05, 0.1) is 0 Å². The molecule has 2 aliphatic rings. The molecule has 0 saturated carbocycles. The van der Waals surface area contributed by atoms with Crippen molar-refractivity contribution in [3.63, 3.8) is 0 Å². The summed E-state index contributed by atoms with van der Waals surface area (Å²) in [6.45, 7) is 4.10. The molecule has 2 aliphatic carbocycles. The zero-order chi connectivity index (χ0) is 14.2. The molecule has 105 valence electrons. The fraction of sp³-hybridized carbons (Fsp3) is 0.286. The Balaban J connectivity index is 1.96. The third-order valence-electron chi connectivity index (χ3n) is 5.04. The van der Waals surface area contributed by atoms with Gasteiger partial charge in [0.1, 0.15) is 0 Å². The highest BCUT2D eigenvalue weighted by Gasteiger charge is 2.27. The van der Waals surface area contributed by atoms with Crippen molar-refractivity contribution in [1.82, 2.24) is 0 Å². The molecular formula is C21H21. The maximum atomic E-state index is 4.10. The van der Waals surface area contributed by atoms with Crippen LogP contribution in [0.25, 0.3) is 16.3 Å². The maximum absolute atomic E-state index is 4.10. The summed E-state index contributed by atoms with van der Waals surface area (Å²) in [6, 6.07) is 13.4. The number of hydrogen-bond donors (Lipinski definition) is 0. The molecule has 0 aromatic heterocycles. The largest absolute Gasteiger partial charge is 0.0836 e. The molecule has 0 spiro atoms. The Morgan fingerprint density at radius 3 is 2.90 bits per heavy atom. The van der Waals surface area contributed by atoms with E-state index in [1.165, 1.54) is 47.6 Å². The van der Waals surface area contributed by atoms with E-state index in [2.05, 4.69) is 55.5 Å². The summed E-state index contributed by atoms with van der Waals surface area (Å²) >= 11 is 0. The highest BCUT2D eigenvalue weighted by molar-refractivity contribution is 5.94.